The smallest absolute Gasteiger partial charge is 0.233 e. The van der Waals surface area contributed by atoms with Gasteiger partial charge in [0.25, 0.3) is 0 Å². The van der Waals surface area contributed by atoms with Crippen LogP contribution in [0.25, 0.3) is 0 Å². The molecule has 0 aliphatic carbocycles. The van der Waals surface area contributed by atoms with Crippen LogP contribution >= 0.6 is 25.3 Å². The van der Waals surface area contributed by atoms with E-state index in [0.29, 0.717) is 5.75 Å². The Morgan fingerprint density at radius 2 is 2.08 bits per heavy atom. The van der Waals surface area contributed by atoms with Crippen molar-refractivity contribution in [1.82, 2.24) is 5.32 Å². The van der Waals surface area contributed by atoms with Crippen molar-refractivity contribution in [2.45, 2.75) is 44.4 Å². The van der Waals surface area contributed by atoms with Crippen LogP contribution in [0.4, 0.5) is 0 Å². The molecule has 0 rings (SSSR count). The maximum absolute atomic E-state index is 11.5. The van der Waals surface area contributed by atoms with Gasteiger partial charge in [0.15, 0.2) is 0 Å². The van der Waals surface area contributed by atoms with Crippen LogP contribution in [0.3, 0.4) is 0 Å². The molecule has 0 bridgehead atoms. The van der Waals surface area contributed by atoms with Crippen molar-refractivity contribution in [1.29, 1.82) is 0 Å². The van der Waals surface area contributed by atoms with Crippen molar-refractivity contribution in [3.8, 4) is 0 Å². The lowest BCUT2D eigenvalue weighted by Gasteiger charge is -2.25. The molecular formula is C9H19NOS2. The topological polar surface area (TPSA) is 29.1 Å². The van der Waals surface area contributed by atoms with Crippen LogP contribution in [-0.2, 0) is 4.79 Å². The summed E-state index contributed by atoms with van der Waals surface area (Å²) in [5.41, 5.74) is -0.241. The zero-order valence-corrected chi connectivity index (χ0v) is 10.3. The molecule has 1 amide bonds. The Hall–Kier alpha value is 0.170. The monoisotopic (exact) mass is 221 g/mol. The van der Waals surface area contributed by atoms with E-state index < -0.39 is 0 Å². The van der Waals surface area contributed by atoms with Crippen LogP contribution in [0.15, 0.2) is 0 Å². The summed E-state index contributed by atoms with van der Waals surface area (Å²) in [6.45, 7) is 5.94. The lowest BCUT2D eigenvalue weighted by atomic mass is 10.1. The van der Waals surface area contributed by atoms with Gasteiger partial charge >= 0.3 is 0 Å². The Labute approximate surface area is 91.7 Å². The van der Waals surface area contributed by atoms with E-state index in [1.165, 1.54) is 0 Å². The average Bonchev–Trinajstić information content (AvgIpc) is 2.04. The van der Waals surface area contributed by atoms with Crippen LogP contribution in [-0.4, -0.2) is 22.4 Å². The van der Waals surface area contributed by atoms with Crippen LogP contribution in [0.1, 0.15) is 33.6 Å². The Kier molecular flexibility index (Phi) is 5.88. The number of hydrogen-bond donors (Lipinski definition) is 3. The number of amides is 1. The number of carbonyl (C=O) groups excluding carboxylic acids is 1. The summed E-state index contributed by atoms with van der Waals surface area (Å²) in [6.07, 6.45) is 1.79. The zero-order chi connectivity index (χ0) is 10.5. The summed E-state index contributed by atoms with van der Waals surface area (Å²) in [6, 6.07) is 0. The molecule has 0 aromatic carbocycles. The highest BCUT2D eigenvalue weighted by molar-refractivity contribution is 7.81. The fraction of sp³-hybridized carbons (Fsp3) is 0.889. The van der Waals surface area contributed by atoms with Crippen LogP contribution < -0.4 is 5.32 Å². The van der Waals surface area contributed by atoms with Crippen molar-refractivity contribution in [2.24, 2.45) is 0 Å². The average molecular weight is 221 g/mol. The molecule has 0 saturated heterocycles. The van der Waals surface area contributed by atoms with Crippen LogP contribution in [0, 0.1) is 0 Å². The fourth-order valence-electron chi connectivity index (χ4n) is 0.861. The molecule has 4 heteroatoms. The molecule has 0 aliphatic heterocycles. The molecular weight excluding hydrogens is 202 g/mol. The quantitative estimate of drug-likeness (QED) is 0.608. The standard InChI is InChI=1S/C9H19NOS2/c1-4-5-7(13)8(11)10-9(2,3)6-12/h7,12-13H,4-6H2,1-3H3,(H,10,11). The Morgan fingerprint density at radius 1 is 1.54 bits per heavy atom. The van der Waals surface area contributed by atoms with Crippen LogP contribution in [0.2, 0.25) is 0 Å². The molecule has 13 heavy (non-hydrogen) atoms. The first-order valence-electron chi connectivity index (χ1n) is 4.54. The summed E-state index contributed by atoms with van der Waals surface area (Å²) in [5.74, 6) is 0.634. The maximum Gasteiger partial charge on any atom is 0.233 e. The SMILES string of the molecule is CCCC(S)C(=O)NC(C)(C)CS. The fourth-order valence-corrected chi connectivity index (χ4v) is 1.26. The predicted molar refractivity (Wildman–Crippen MR) is 63.8 cm³/mol. The molecule has 0 aliphatic rings. The van der Waals surface area contributed by atoms with Crippen molar-refractivity contribution in [3.63, 3.8) is 0 Å². The third kappa shape index (κ3) is 5.47. The van der Waals surface area contributed by atoms with Gasteiger partial charge in [-0.1, -0.05) is 13.3 Å². The number of rotatable bonds is 5. The molecule has 0 heterocycles. The Morgan fingerprint density at radius 3 is 2.46 bits per heavy atom. The third-order valence-corrected chi connectivity index (χ3v) is 3.00. The first-order chi connectivity index (χ1) is 5.93. The molecule has 2 nitrogen and oxygen atoms in total. The van der Waals surface area contributed by atoms with Gasteiger partial charge in [-0.15, -0.1) is 0 Å². The van der Waals surface area contributed by atoms with Crippen LogP contribution in [0.5, 0.6) is 0 Å². The van der Waals surface area contributed by atoms with Gasteiger partial charge in [-0.25, -0.2) is 0 Å². The van der Waals surface area contributed by atoms with E-state index in [2.05, 4.69) is 30.6 Å². The summed E-state index contributed by atoms with van der Waals surface area (Å²) >= 11 is 8.38. The first-order valence-corrected chi connectivity index (χ1v) is 5.68. The first kappa shape index (κ1) is 13.2. The van der Waals surface area contributed by atoms with Crippen molar-refractivity contribution < 1.29 is 4.79 Å². The lowest BCUT2D eigenvalue weighted by Crippen LogP contribution is -2.47. The van der Waals surface area contributed by atoms with Gasteiger partial charge in [-0.05, 0) is 20.3 Å². The van der Waals surface area contributed by atoms with Gasteiger partial charge in [0.2, 0.25) is 5.91 Å². The molecule has 0 radical (unpaired) electrons. The summed E-state index contributed by atoms with van der Waals surface area (Å²) in [5, 5.41) is 2.71. The highest BCUT2D eigenvalue weighted by Crippen LogP contribution is 2.09. The van der Waals surface area contributed by atoms with E-state index in [9.17, 15) is 4.79 Å². The van der Waals surface area contributed by atoms with E-state index in [4.69, 9.17) is 0 Å². The molecule has 0 aromatic heterocycles. The highest BCUT2D eigenvalue weighted by Gasteiger charge is 2.21. The molecule has 1 unspecified atom stereocenters. The summed E-state index contributed by atoms with van der Waals surface area (Å²) in [4.78, 5) is 11.5. The highest BCUT2D eigenvalue weighted by atomic mass is 32.1. The van der Waals surface area contributed by atoms with E-state index in [1.807, 2.05) is 20.8 Å². The number of hydrogen-bond acceptors (Lipinski definition) is 3. The second kappa shape index (κ2) is 5.81. The minimum absolute atomic E-state index is 0.00392. The van der Waals surface area contributed by atoms with Gasteiger partial charge in [-0.3, -0.25) is 4.79 Å². The van der Waals surface area contributed by atoms with Crippen molar-refractivity contribution >= 4 is 31.2 Å². The van der Waals surface area contributed by atoms with E-state index in [0.717, 1.165) is 12.8 Å². The predicted octanol–water partition coefficient (Wildman–Crippen LogP) is 1.91. The number of thiol groups is 2. The summed E-state index contributed by atoms with van der Waals surface area (Å²) < 4.78 is 0. The molecule has 1 N–H and O–H groups in total. The normalized spacial score (nSPS) is 13.9. The second-order valence-corrected chi connectivity index (χ2v) is 4.78. The molecule has 0 spiro atoms. The van der Waals surface area contributed by atoms with Crippen molar-refractivity contribution in [3.05, 3.63) is 0 Å². The molecule has 0 aromatic rings. The lowest BCUT2D eigenvalue weighted by molar-refractivity contribution is -0.122. The molecule has 78 valence electrons. The molecule has 1 atom stereocenters. The molecule has 0 fully saturated rings. The van der Waals surface area contributed by atoms with E-state index >= 15 is 0 Å². The minimum atomic E-state index is -0.241. The van der Waals surface area contributed by atoms with Gasteiger partial charge in [0.05, 0.1) is 5.25 Å². The second-order valence-electron chi connectivity index (χ2n) is 3.84. The number of carbonyl (C=O) groups is 1. The van der Waals surface area contributed by atoms with E-state index in [1.54, 1.807) is 0 Å². The summed E-state index contributed by atoms with van der Waals surface area (Å²) in [7, 11) is 0. The Balaban J connectivity index is 3.99. The molecule has 0 saturated carbocycles. The van der Waals surface area contributed by atoms with E-state index in [-0.39, 0.29) is 16.7 Å². The van der Waals surface area contributed by atoms with Crippen molar-refractivity contribution in [2.75, 3.05) is 5.75 Å². The van der Waals surface area contributed by atoms with Gasteiger partial charge < -0.3 is 5.32 Å². The zero-order valence-electron chi connectivity index (χ0n) is 8.50. The Bertz CT molecular complexity index is 171. The number of nitrogens with one attached hydrogen (secondary N) is 1. The van der Waals surface area contributed by atoms with Gasteiger partial charge in [0.1, 0.15) is 0 Å². The van der Waals surface area contributed by atoms with Gasteiger partial charge in [-0.2, -0.15) is 25.3 Å². The minimum Gasteiger partial charge on any atom is -0.349 e. The third-order valence-electron chi connectivity index (χ3n) is 1.72. The van der Waals surface area contributed by atoms with Gasteiger partial charge in [0, 0.05) is 11.3 Å². The largest absolute Gasteiger partial charge is 0.349 e. The maximum atomic E-state index is 11.5.